The number of aromatic nitrogens is 4. The smallest absolute Gasteiger partial charge is 0.243 e. The van der Waals surface area contributed by atoms with E-state index in [4.69, 9.17) is 10.5 Å². The molecule has 1 aromatic carbocycles. The van der Waals surface area contributed by atoms with Crippen LogP contribution in [0.1, 0.15) is 19.1 Å². The molecule has 2 aromatic heterocycles. The largest absolute Gasteiger partial charge is 0.387 e. The third kappa shape index (κ3) is 4.18. The van der Waals surface area contributed by atoms with Crippen LogP contribution in [0.4, 0.5) is 10.2 Å². The van der Waals surface area contributed by atoms with E-state index in [2.05, 4.69) is 20.3 Å². The van der Waals surface area contributed by atoms with Crippen LogP contribution in [0, 0.1) is 5.82 Å². The fraction of sp³-hybridized carbons (Fsp3) is 0.429. The number of anilines is 1. The van der Waals surface area contributed by atoms with Crippen LogP contribution in [0.3, 0.4) is 0 Å². The van der Waals surface area contributed by atoms with Crippen molar-refractivity contribution in [2.24, 2.45) is 0 Å². The van der Waals surface area contributed by atoms with E-state index in [1.807, 2.05) is 0 Å². The van der Waals surface area contributed by atoms with E-state index in [1.165, 1.54) is 17.2 Å². The minimum Gasteiger partial charge on any atom is -0.387 e. The fourth-order valence-electron chi connectivity index (χ4n) is 4.53. The number of carbonyl (C=O) groups is 1. The highest BCUT2D eigenvalue weighted by molar-refractivity contribution is 7.89. The van der Waals surface area contributed by atoms with Gasteiger partial charge in [-0.05, 0) is 37.1 Å². The Labute approximate surface area is 204 Å². The highest BCUT2D eigenvalue weighted by atomic mass is 32.2. The molecule has 2 aliphatic heterocycles. The van der Waals surface area contributed by atoms with Crippen LogP contribution in [0.25, 0.3) is 11.2 Å². The number of aliphatic hydroxyl groups excluding tert-OH is 2. The average Bonchev–Trinajstić information content (AvgIpc) is 3.58. The Balaban J connectivity index is 1.27. The number of fused-ring (bicyclic) bond motifs is 1. The normalized spacial score (nSPS) is 27.0. The van der Waals surface area contributed by atoms with Gasteiger partial charge in [-0.3, -0.25) is 9.36 Å². The zero-order valence-corrected chi connectivity index (χ0v) is 19.6. The Bertz CT molecular complexity index is 1390. The van der Waals surface area contributed by atoms with E-state index < -0.39 is 52.3 Å². The molecule has 0 spiro atoms. The van der Waals surface area contributed by atoms with Gasteiger partial charge in [0.15, 0.2) is 17.7 Å². The number of nitrogens with one attached hydrogen (secondary N) is 1. The highest BCUT2D eigenvalue weighted by Gasteiger charge is 2.45. The van der Waals surface area contributed by atoms with Gasteiger partial charge in [0.2, 0.25) is 15.9 Å². The highest BCUT2D eigenvalue weighted by Crippen LogP contribution is 2.32. The molecule has 0 bridgehead atoms. The summed E-state index contributed by atoms with van der Waals surface area (Å²) in [4.78, 5) is 24.9. The molecule has 2 saturated heterocycles. The van der Waals surface area contributed by atoms with Crippen molar-refractivity contribution in [2.75, 3.05) is 18.8 Å². The van der Waals surface area contributed by atoms with Crippen molar-refractivity contribution in [1.82, 2.24) is 29.1 Å². The first-order chi connectivity index (χ1) is 17.2. The van der Waals surface area contributed by atoms with Crippen LogP contribution < -0.4 is 11.1 Å². The van der Waals surface area contributed by atoms with E-state index in [9.17, 15) is 27.8 Å². The molecule has 2 fully saturated rings. The van der Waals surface area contributed by atoms with Crippen LogP contribution in [-0.4, -0.2) is 85.8 Å². The molecule has 3 aromatic rings. The molecule has 36 heavy (non-hydrogen) atoms. The number of nitrogens with zero attached hydrogens (tertiary/aromatic N) is 5. The van der Waals surface area contributed by atoms with Crippen molar-refractivity contribution in [2.45, 2.75) is 48.3 Å². The lowest BCUT2D eigenvalue weighted by atomic mass is 10.1. The maximum Gasteiger partial charge on any atom is 0.243 e. The number of imidazole rings is 1. The minimum absolute atomic E-state index is 0.110. The Morgan fingerprint density at radius 3 is 2.69 bits per heavy atom. The second-order valence-corrected chi connectivity index (χ2v) is 10.5. The summed E-state index contributed by atoms with van der Waals surface area (Å²) in [6, 6.07) is 3.42. The maximum atomic E-state index is 13.2. The predicted octanol–water partition coefficient (Wildman–Crippen LogP) is -0.864. The van der Waals surface area contributed by atoms with Crippen molar-refractivity contribution in [3.05, 3.63) is 42.7 Å². The first-order valence-corrected chi connectivity index (χ1v) is 12.6. The molecule has 0 aliphatic carbocycles. The summed E-state index contributed by atoms with van der Waals surface area (Å²) in [6.45, 7) is -0.0436. The topological polar surface area (TPSA) is 186 Å². The minimum atomic E-state index is -4.02. The van der Waals surface area contributed by atoms with Crippen LogP contribution in [0.2, 0.25) is 0 Å². The van der Waals surface area contributed by atoms with Crippen molar-refractivity contribution in [3.8, 4) is 0 Å². The standard InChI is InChI=1S/C21H24FN7O6S/c22-11-3-5-12(6-4-11)36(33,34)29-7-1-2-13(29)20(32)24-8-14-16(30)17(31)21(35-14)28-10-27-15-18(23)25-9-26-19(15)28/h3-6,9-10,13-14,16-17,21,30-31H,1-2,7-8H2,(H,24,32)(H2,23,25,26)/t13-,14+,16+,17+,21+/m0/s1. The van der Waals surface area contributed by atoms with E-state index in [0.717, 1.165) is 28.6 Å². The summed E-state index contributed by atoms with van der Waals surface area (Å²) < 4.78 is 47.6. The van der Waals surface area contributed by atoms with Gasteiger partial charge in [0, 0.05) is 13.1 Å². The summed E-state index contributed by atoms with van der Waals surface area (Å²) in [6.07, 6.45) is -1.39. The Hall–Kier alpha value is -3.24. The van der Waals surface area contributed by atoms with Gasteiger partial charge in [-0.25, -0.2) is 27.8 Å². The molecule has 0 radical (unpaired) electrons. The number of carbonyl (C=O) groups excluding carboxylic acids is 1. The number of nitrogens with two attached hydrogens (primary N) is 1. The molecular weight excluding hydrogens is 497 g/mol. The third-order valence-corrected chi connectivity index (χ3v) is 8.32. The number of hydrogen-bond donors (Lipinski definition) is 4. The van der Waals surface area contributed by atoms with Crippen LogP contribution in [-0.2, 0) is 19.6 Å². The molecule has 13 nitrogen and oxygen atoms in total. The number of benzene rings is 1. The molecule has 0 saturated carbocycles. The molecule has 5 N–H and O–H groups in total. The van der Waals surface area contributed by atoms with Gasteiger partial charge in [0.25, 0.3) is 0 Å². The second kappa shape index (κ2) is 9.33. The van der Waals surface area contributed by atoms with E-state index in [-0.39, 0.29) is 23.8 Å². The Kier molecular flexibility index (Phi) is 6.34. The number of sulfonamides is 1. The fourth-order valence-corrected chi connectivity index (χ4v) is 6.19. The van der Waals surface area contributed by atoms with E-state index >= 15 is 0 Å². The van der Waals surface area contributed by atoms with E-state index in [1.54, 1.807) is 0 Å². The van der Waals surface area contributed by atoms with Crippen LogP contribution in [0.15, 0.2) is 41.8 Å². The van der Waals surface area contributed by atoms with Gasteiger partial charge in [0.05, 0.1) is 11.2 Å². The predicted molar refractivity (Wildman–Crippen MR) is 122 cm³/mol. The van der Waals surface area contributed by atoms with Gasteiger partial charge >= 0.3 is 0 Å². The SMILES string of the molecule is Nc1ncnc2c1ncn2[C@@H]1O[C@H](CNC(=O)[C@@H]2CCCN2S(=O)(=O)c2ccc(F)cc2)[C@@H](O)[C@H]1O. The van der Waals surface area contributed by atoms with Gasteiger partial charge in [-0.1, -0.05) is 0 Å². The zero-order valence-electron chi connectivity index (χ0n) is 18.8. The second-order valence-electron chi connectivity index (χ2n) is 8.60. The number of amides is 1. The number of halogens is 1. The molecule has 2 aliphatic rings. The first kappa shape index (κ1) is 24.5. The van der Waals surface area contributed by atoms with Crippen LogP contribution in [0.5, 0.6) is 0 Å². The van der Waals surface area contributed by atoms with Crippen molar-refractivity contribution < 1.29 is 32.6 Å². The lowest BCUT2D eigenvalue weighted by molar-refractivity contribution is -0.125. The number of ether oxygens (including phenoxy) is 1. The lowest BCUT2D eigenvalue weighted by Gasteiger charge is -2.24. The summed E-state index contributed by atoms with van der Waals surface area (Å²) >= 11 is 0. The summed E-state index contributed by atoms with van der Waals surface area (Å²) in [7, 11) is -4.02. The molecular formula is C21H24FN7O6S. The summed E-state index contributed by atoms with van der Waals surface area (Å²) in [5.74, 6) is -0.993. The molecule has 192 valence electrons. The molecule has 1 amide bonds. The first-order valence-electron chi connectivity index (χ1n) is 11.2. The van der Waals surface area contributed by atoms with Crippen LogP contribution >= 0.6 is 0 Å². The lowest BCUT2D eigenvalue weighted by Crippen LogP contribution is -2.48. The number of rotatable bonds is 6. The van der Waals surface area contributed by atoms with Gasteiger partial charge in [0.1, 0.15) is 42.0 Å². The summed E-state index contributed by atoms with van der Waals surface area (Å²) in [5.41, 5.74) is 6.40. The molecule has 0 unspecified atom stereocenters. The van der Waals surface area contributed by atoms with Gasteiger partial charge < -0.3 is 26.0 Å². The molecule has 4 heterocycles. The average molecular weight is 522 g/mol. The van der Waals surface area contributed by atoms with Gasteiger partial charge in [-0.15, -0.1) is 0 Å². The van der Waals surface area contributed by atoms with E-state index in [0.29, 0.717) is 24.0 Å². The Morgan fingerprint density at radius 1 is 1.19 bits per heavy atom. The number of aliphatic hydroxyl groups is 2. The summed E-state index contributed by atoms with van der Waals surface area (Å²) in [5, 5.41) is 23.7. The molecule has 15 heteroatoms. The van der Waals surface area contributed by atoms with Gasteiger partial charge in [-0.2, -0.15) is 4.31 Å². The monoisotopic (exact) mass is 521 g/mol. The molecule has 5 atom stereocenters. The van der Waals surface area contributed by atoms with Crippen molar-refractivity contribution in [1.29, 1.82) is 0 Å². The zero-order chi connectivity index (χ0) is 25.6. The quantitative estimate of drug-likeness (QED) is 0.318. The number of hydrogen-bond acceptors (Lipinski definition) is 10. The van der Waals surface area contributed by atoms with Crippen molar-refractivity contribution in [3.63, 3.8) is 0 Å². The third-order valence-electron chi connectivity index (χ3n) is 6.40. The molecule has 5 rings (SSSR count). The Morgan fingerprint density at radius 2 is 1.94 bits per heavy atom. The number of nitrogen functional groups attached to an aromatic ring is 1. The van der Waals surface area contributed by atoms with Crippen molar-refractivity contribution >= 4 is 32.9 Å². The maximum absolute atomic E-state index is 13.2.